The predicted molar refractivity (Wildman–Crippen MR) is 67.5 cm³/mol. The molecule has 19 heavy (non-hydrogen) atoms. The summed E-state index contributed by atoms with van der Waals surface area (Å²) in [7, 11) is -4.15. The van der Waals surface area contributed by atoms with Crippen LogP contribution in [-0.2, 0) is 10.0 Å². The Morgan fingerprint density at radius 3 is 2.63 bits per heavy atom. The molecule has 0 saturated heterocycles. The zero-order chi connectivity index (χ0) is 14.0. The molecule has 8 nitrogen and oxygen atoms in total. The molecule has 0 fully saturated rings. The number of nitrogens with one attached hydrogen (secondary N) is 3. The Labute approximate surface area is 107 Å². The number of benzene rings is 1. The van der Waals surface area contributed by atoms with Gasteiger partial charge in [0, 0.05) is 5.69 Å². The van der Waals surface area contributed by atoms with Gasteiger partial charge in [0.25, 0.3) is 20.6 Å². The number of anilines is 1. The normalized spacial score (nSPS) is 11.2. The number of rotatable bonds is 3. The van der Waals surface area contributed by atoms with E-state index in [4.69, 9.17) is 0 Å². The van der Waals surface area contributed by atoms with E-state index in [2.05, 4.69) is 9.82 Å². The van der Waals surface area contributed by atoms with Gasteiger partial charge < -0.3 is 0 Å². The van der Waals surface area contributed by atoms with Gasteiger partial charge in [0.15, 0.2) is 0 Å². The molecule has 0 aliphatic carbocycles. The fraction of sp³-hybridized carbons (Fsp3) is 0.100. The minimum absolute atomic E-state index is 0.299. The van der Waals surface area contributed by atoms with Crippen LogP contribution >= 0.6 is 0 Å². The summed E-state index contributed by atoms with van der Waals surface area (Å²) in [5, 5.41) is 4.30. The second-order valence-corrected chi connectivity index (χ2v) is 5.38. The van der Waals surface area contributed by atoms with Gasteiger partial charge in [-0.15, -0.1) is 0 Å². The van der Waals surface area contributed by atoms with Crippen molar-refractivity contribution in [3.63, 3.8) is 0 Å². The molecule has 2 aromatic rings. The quantitative estimate of drug-likeness (QED) is 0.704. The van der Waals surface area contributed by atoms with E-state index in [0.717, 1.165) is 5.56 Å². The van der Waals surface area contributed by atoms with E-state index in [-0.39, 0.29) is 0 Å². The highest BCUT2D eigenvalue weighted by Crippen LogP contribution is 2.13. The van der Waals surface area contributed by atoms with Crippen LogP contribution in [0.1, 0.15) is 5.56 Å². The average Bonchev–Trinajstić information content (AvgIpc) is 2.27. The van der Waals surface area contributed by atoms with Crippen molar-refractivity contribution in [2.75, 3.05) is 4.72 Å². The molecular weight excluding hydrogens is 272 g/mol. The highest BCUT2D eigenvalue weighted by Gasteiger charge is 2.21. The van der Waals surface area contributed by atoms with Gasteiger partial charge in [-0.3, -0.25) is 14.5 Å². The van der Waals surface area contributed by atoms with Crippen molar-refractivity contribution in [3.05, 3.63) is 50.7 Å². The molecule has 0 bridgehead atoms. The Morgan fingerprint density at radius 1 is 1.26 bits per heavy atom. The first-order valence-electron chi connectivity index (χ1n) is 5.17. The van der Waals surface area contributed by atoms with Gasteiger partial charge in [-0.05, 0) is 24.6 Å². The molecule has 100 valence electrons. The van der Waals surface area contributed by atoms with Crippen molar-refractivity contribution in [1.82, 2.24) is 15.2 Å². The van der Waals surface area contributed by atoms with E-state index in [1.807, 2.05) is 5.10 Å². The molecule has 2 rings (SSSR count). The Bertz CT molecular complexity index is 822. The summed E-state index contributed by atoms with van der Waals surface area (Å²) >= 11 is 0. The third-order valence-corrected chi connectivity index (χ3v) is 3.50. The molecule has 9 heteroatoms. The largest absolute Gasteiger partial charge is 0.342 e. The van der Waals surface area contributed by atoms with Crippen LogP contribution in [0.4, 0.5) is 5.69 Å². The van der Waals surface area contributed by atoms with Crippen molar-refractivity contribution in [1.29, 1.82) is 0 Å². The van der Waals surface area contributed by atoms with Gasteiger partial charge in [0.05, 0.1) is 0 Å². The molecule has 1 aromatic heterocycles. The second kappa shape index (κ2) is 4.69. The van der Waals surface area contributed by atoms with Crippen molar-refractivity contribution in [2.24, 2.45) is 0 Å². The van der Waals surface area contributed by atoms with Gasteiger partial charge in [0.1, 0.15) is 0 Å². The van der Waals surface area contributed by atoms with E-state index >= 15 is 0 Å². The molecule has 0 saturated carbocycles. The first-order valence-corrected chi connectivity index (χ1v) is 6.65. The van der Waals surface area contributed by atoms with E-state index < -0.39 is 26.3 Å². The summed E-state index contributed by atoms with van der Waals surface area (Å²) in [6, 6.07) is 6.59. The van der Waals surface area contributed by atoms with Crippen molar-refractivity contribution >= 4 is 15.7 Å². The first-order chi connectivity index (χ1) is 8.88. The second-order valence-electron chi connectivity index (χ2n) is 3.79. The summed E-state index contributed by atoms with van der Waals surface area (Å²) in [5.41, 5.74) is -0.806. The number of H-pyrrole nitrogens is 2. The maximum Gasteiger partial charge on any atom is 0.342 e. The van der Waals surface area contributed by atoms with Crippen LogP contribution in [0.5, 0.6) is 0 Å². The van der Waals surface area contributed by atoms with Crippen LogP contribution in [0, 0.1) is 6.92 Å². The highest BCUT2D eigenvalue weighted by molar-refractivity contribution is 7.92. The van der Waals surface area contributed by atoms with Gasteiger partial charge in [0.2, 0.25) is 0 Å². The number of aromatic nitrogens is 3. The standard InChI is InChI=1S/C10H10N4O4S/c1-6-3-2-4-7(5-6)14-19(17,18)9-8(15)11-10(16)13-12-9/h2-5,14H,1H3,(H2,11,13,15,16). The average molecular weight is 282 g/mol. The number of nitrogens with zero attached hydrogens (tertiary/aromatic N) is 1. The minimum Gasteiger partial charge on any atom is -0.278 e. The van der Waals surface area contributed by atoms with E-state index in [9.17, 15) is 18.0 Å². The van der Waals surface area contributed by atoms with Crippen LogP contribution in [-0.4, -0.2) is 23.6 Å². The number of aromatic amines is 2. The van der Waals surface area contributed by atoms with Gasteiger partial charge in [-0.1, -0.05) is 12.1 Å². The fourth-order valence-electron chi connectivity index (χ4n) is 1.43. The zero-order valence-electron chi connectivity index (χ0n) is 9.80. The van der Waals surface area contributed by atoms with Crippen LogP contribution < -0.4 is 16.0 Å². The SMILES string of the molecule is Cc1cccc(NS(=O)(=O)c2n[nH]c(=O)[nH]c2=O)c1. The van der Waals surface area contributed by atoms with Crippen LogP contribution in [0.2, 0.25) is 0 Å². The zero-order valence-corrected chi connectivity index (χ0v) is 10.6. The molecular formula is C10H10N4O4S. The number of sulfonamides is 1. The Kier molecular flexibility index (Phi) is 3.21. The lowest BCUT2D eigenvalue weighted by Gasteiger charge is -2.06. The fourth-order valence-corrected chi connectivity index (χ4v) is 2.43. The number of aryl methyl sites for hydroxylation is 1. The van der Waals surface area contributed by atoms with E-state index in [1.165, 1.54) is 6.07 Å². The Hall–Kier alpha value is -2.42. The molecule has 0 unspecified atom stereocenters. The van der Waals surface area contributed by atoms with E-state index in [0.29, 0.717) is 5.69 Å². The van der Waals surface area contributed by atoms with Crippen molar-refractivity contribution in [3.8, 4) is 0 Å². The van der Waals surface area contributed by atoms with Gasteiger partial charge in [-0.25, -0.2) is 9.89 Å². The maximum absolute atomic E-state index is 11.9. The molecule has 3 N–H and O–H groups in total. The van der Waals surface area contributed by atoms with Gasteiger partial charge >= 0.3 is 5.69 Å². The maximum atomic E-state index is 11.9. The van der Waals surface area contributed by atoms with E-state index in [1.54, 1.807) is 30.1 Å². The van der Waals surface area contributed by atoms with Crippen molar-refractivity contribution < 1.29 is 8.42 Å². The monoisotopic (exact) mass is 282 g/mol. The van der Waals surface area contributed by atoms with Crippen LogP contribution in [0.3, 0.4) is 0 Å². The predicted octanol–water partition coefficient (Wildman–Crippen LogP) is -0.433. The van der Waals surface area contributed by atoms with Crippen LogP contribution in [0.25, 0.3) is 0 Å². The molecule has 0 atom stereocenters. The lowest BCUT2D eigenvalue weighted by atomic mass is 10.2. The summed E-state index contributed by atoms with van der Waals surface area (Å²) in [4.78, 5) is 24.0. The number of hydrogen-bond acceptors (Lipinski definition) is 5. The molecule has 0 spiro atoms. The minimum atomic E-state index is -4.15. The molecule has 1 aromatic carbocycles. The summed E-state index contributed by atoms with van der Waals surface area (Å²) < 4.78 is 26.1. The summed E-state index contributed by atoms with van der Waals surface area (Å²) in [6.07, 6.45) is 0. The smallest absolute Gasteiger partial charge is 0.278 e. The third kappa shape index (κ3) is 2.88. The third-order valence-electron chi connectivity index (χ3n) is 2.21. The van der Waals surface area contributed by atoms with Gasteiger partial charge in [-0.2, -0.15) is 13.5 Å². The summed E-state index contributed by atoms with van der Waals surface area (Å²) in [6.45, 7) is 1.79. The molecule has 1 heterocycles. The molecule has 0 aliphatic heterocycles. The highest BCUT2D eigenvalue weighted by atomic mass is 32.2. The lowest BCUT2D eigenvalue weighted by Crippen LogP contribution is -2.31. The first kappa shape index (κ1) is 13.0. The molecule has 0 radical (unpaired) electrons. The van der Waals surface area contributed by atoms with Crippen molar-refractivity contribution in [2.45, 2.75) is 11.9 Å². The molecule has 0 amide bonds. The Morgan fingerprint density at radius 2 is 2.00 bits per heavy atom. The van der Waals surface area contributed by atoms with Crippen LogP contribution in [0.15, 0.2) is 38.9 Å². The Balaban J connectivity index is 2.43. The number of hydrogen-bond donors (Lipinski definition) is 3. The lowest BCUT2D eigenvalue weighted by molar-refractivity contribution is 0.591. The molecule has 0 aliphatic rings. The summed E-state index contributed by atoms with van der Waals surface area (Å²) in [5.74, 6) is 0. The topological polar surface area (TPSA) is 125 Å².